The molecule has 0 fully saturated rings. The number of benzene rings is 1. The van der Waals surface area contributed by atoms with Crippen molar-refractivity contribution in [1.82, 2.24) is 4.98 Å². The molecule has 0 bridgehead atoms. The number of rotatable bonds is 7. The van der Waals surface area contributed by atoms with E-state index in [4.69, 9.17) is 10.7 Å². The summed E-state index contributed by atoms with van der Waals surface area (Å²) < 4.78 is 0. The number of anilines is 1. The molecule has 1 aromatic heterocycles. The van der Waals surface area contributed by atoms with E-state index in [1.54, 1.807) is 18.7 Å². The number of aliphatic imine (C=N–C) groups is 1. The lowest BCUT2D eigenvalue weighted by molar-refractivity contribution is -0.117. The molecule has 8 heteroatoms. The molecule has 2 N–H and O–H groups in total. The van der Waals surface area contributed by atoms with Gasteiger partial charge in [-0.25, -0.2) is 4.98 Å². The number of hydrogen-bond acceptors (Lipinski definition) is 8. The molecule has 1 aliphatic rings. The Kier molecular flexibility index (Phi) is 6.96. The van der Waals surface area contributed by atoms with Crippen LogP contribution in [-0.2, 0) is 4.79 Å². The molecule has 2 heterocycles. The Hall–Kier alpha value is -2.06. The van der Waals surface area contributed by atoms with Crippen LogP contribution in [-0.4, -0.2) is 27.2 Å². The third-order valence-electron chi connectivity index (χ3n) is 4.54. The van der Waals surface area contributed by atoms with Crippen molar-refractivity contribution in [3.63, 3.8) is 0 Å². The van der Waals surface area contributed by atoms with Crippen molar-refractivity contribution in [2.75, 3.05) is 5.73 Å². The monoisotopic (exact) mass is 415 g/mol. The van der Waals surface area contributed by atoms with Crippen LogP contribution < -0.4 is 5.73 Å². The van der Waals surface area contributed by atoms with Crippen molar-refractivity contribution in [3.8, 4) is 11.3 Å². The number of ketones is 1. The van der Waals surface area contributed by atoms with E-state index < -0.39 is 0 Å². The normalized spacial score (nSPS) is 20.5. The highest BCUT2D eigenvalue weighted by molar-refractivity contribution is 8.14. The van der Waals surface area contributed by atoms with E-state index in [1.807, 2.05) is 30.3 Å². The minimum atomic E-state index is 0.179. The molecule has 0 spiro atoms. The Morgan fingerprint density at radius 1 is 1.29 bits per heavy atom. The zero-order valence-electron chi connectivity index (χ0n) is 16.3. The molecule has 3 unspecified atom stereocenters. The second-order valence-corrected chi connectivity index (χ2v) is 9.28. The van der Waals surface area contributed by atoms with Crippen LogP contribution in [0.4, 0.5) is 10.1 Å². The summed E-state index contributed by atoms with van der Waals surface area (Å²) in [6.07, 6.45) is 2.50. The summed E-state index contributed by atoms with van der Waals surface area (Å²) in [5.74, 6) is 0.550. The highest BCUT2D eigenvalue weighted by Crippen LogP contribution is 2.39. The molecule has 148 valence electrons. The summed E-state index contributed by atoms with van der Waals surface area (Å²) in [5.41, 5.74) is 7.61. The number of thioether (sulfide) groups is 1. The number of nitrogens with zero attached hydrogens (tertiary/aromatic N) is 4. The molecule has 0 aliphatic carbocycles. The first-order chi connectivity index (χ1) is 13.5. The van der Waals surface area contributed by atoms with E-state index in [0.29, 0.717) is 32.9 Å². The van der Waals surface area contributed by atoms with Gasteiger partial charge in [0.05, 0.1) is 6.04 Å². The molecular formula is C20H25N5OS2. The van der Waals surface area contributed by atoms with Crippen molar-refractivity contribution < 1.29 is 4.79 Å². The third kappa shape index (κ3) is 5.26. The van der Waals surface area contributed by atoms with Gasteiger partial charge in [-0.15, -0.1) is 10.2 Å². The van der Waals surface area contributed by atoms with E-state index in [1.165, 1.54) is 11.3 Å². The lowest BCUT2D eigenvalue weighted by Gasteiger charge is -2.18. The molecule has 2 aromatic rings. The highest BCUT2D eigenvalue weighted by atomic mass is 32.2. The summed E-state index contributed by atoms with van der Waals surface area (Å²) >= 11 is 2.99. The average molecular weight is 416 g/mol. The minimum absolute atomic E-state index is 0.179. The number of carbonyl (C=O) groups is 1. The van der Waals surface area contributed by atoms with Gasteiger partial charge in [-0.1, -0.05) is 67.3 Å². The van der Waals surface area contributed by atoms with Gasteiger partial charge in [-0.05, 0) is 25.7 Å². The maximum absolute atomic E-state index is 11.4. The molecule has 0 saturated heterocycles. The van der Waals surface area contributed by atoms with Gasteiger partial charge in [0.15, 0.2) is 10.1 Å². The van der Waals surface area contributed by atoms with Gasteiger partial charge in [-0.3, -0.25) is 4.99 Å². The Morgan fingerprint density at radius 2 is 2.04 bits per heavy atom. The number of nitrogens with two attached hydrogens (primary N) is 1. The summed E-state index contributed by atoms with van der Waals surface area (Å²) in [7, 11) is 0. The van der Waals surface area contributed by atoms with Crippen LogP contribution >= 0.6 is 23.1 Å². The van der Waals surface area contributed by atoms with Gasteiger partial charge in [0, 0.05) is 17.2 Å². The van der Waals surface area contributed by atoms with Gasteiger partial charge >= 0.3 is 0 Å². The van der Waals surface area contributed by atoms with Crippen LogP contribution in [0.3, 0.4) is 0 Å². The minimum Gasteiger partial charge on any atom is -0.375 e. The topological polar surface area (TPSA) is 93.1 Å². The predicted molar refractivity (Wildman–Crippen MR) is 118 cm³/mol. The number of carbonyl (C=O) groups excluding carboxylic acids is 1. The fourth-order valence-corrected chi connectivity index (χ4v) is 5.06. The molecule has 3 rings (SSSR count). The lowest BCUT2D eigenvalue weighted by Crippen LogP contribution is -2.20. The Bertz CT molecular complexity index is 878. The first-order valence-corrected chi connectivity index (χ1v) is 11.1. The third-order valence-corrected chi connectivity index (χ3v) is 6.66. The van der Waals surface area contributed by atoms with Crippen molar-refractivity contribution in [3.05, 3.63) is 30.3 Å². The molecule has 3 atom stereocenters. The molecule has 0 radical (unpaired) electrons. The summed E-state index contributed by atoms with van der Waals surface area (Å²) in [4.78, 5) is 20.5. The smallest absolute Gasteiger partial charge is 0.205 e. The number of nitrogen functional groups attached to an aromatic ring is 1. The molecular weight excluding hydrogens is 390 g/mol. The molecule has 0 saturated carbocycles. The maximum atomic E-state index is 11.4. The van der Waals surface area contributed by atoms with Crippen LogP contribution in [0.25, 0.3) is 11.3 Å². The summed E-state index contributed by atoms with van der Waals surface area (Å²) in [6.45, 7) is 5.92. The summed E-state index contributed by atoms with van der Waals surface area (Å²) in [6, 6.07) is 10.0. The fourth-order valence-electron chi connectivity index (χ4n) is 3.33. The predicted octanol–water partition coefficient (Wildman–Crippen LogP) is 5.73. The standard InChI is InChI=1S/C20H25N5OS2/c1-4-16-15(11-12(2)10-13(3)26)22-20(27-16)25-24-18-17(23-19(21)28-18)14-8-6-5-7-9-14/h5-9,12,15-16H,4,10-11H2,1-3H3,(H2,21,23)/b25-24+. The van der Waals surface area contributed by atoms with Crippen LogP contribution in [0, 0.1) is 5.92 Å². The van der Waals surface area contributed by atoms with E-state index in [-0.39, 0.29) is 11.8 Å². The number of amidine groups is 1. The van der Waals surface area contributed by atoms with Crippen LogP contribution in [0.2, 0.25) is 0 Å². The Labute approximate surface area is 173 Å². The Balaban J connectivity index is 1.75. The van der Waals surface area contributed by atoms with Gasteiger partial charge in [0.2, 0.25) is 5.17 Å². The molecule has 0 amide bonds. The van der Waals surface area contributed by atoms with E-state index in [2.05, 4.69) is 29.1 Å². The SMILES string of the molecule is CCC1SC(/N=N/c2sc(N)nc2-c2ccccc2)=NC1CC(C)CC(C)=O. The maximum Gasteiger partial charge on any atom is 0.205 e. The van der Waals surface area contributed by atoms with E-state index in [9.17, 15) is 4.79 Å². The van der Waals surface area contributed by atoms with Gasteiger partial charge in [0.25, 0.3) is 0 Å². The van der Waals surface area contributed by atoms with Crippen LogP contribution in [0.1, 0.15) is 40.0 Å². The molecule has 6 nitrogen and oxygen atoms in total. The van der Waals surface area contributed by atoms with Gasteiger partial charge < -0.3 is 10.5 Å². The number of thiazole rings is 1. The lowest BCUT2D eigenvalue weighted by atomic mass is 9.94. The second-order valence-electron chi connectivity index (χ2n) is 7.06. The van der Waals surface area contributed by atoms with E-state index in [0.717, 1.165) is 24.1 Å². The number of hydrogen-bond donors (Lipinski definition) is 1. The molecule has 1 aliphatic heterocycles. The van der Waals surface area contributed by atoms with Crippen LogP contribution in [0.15, 0.2) is 45.6 Å². The van der Waals surface area contributed by atoms with Crippen molar-refractivity contribution in [2.45, 2.75) is 51.3 Å². The quantitative estimate of drug-likeness (QED) is 0.584. The van der Waals surface area contributed by atoms with Gasteiger partial charge in [-0.2, -0.15) is 0 Å². The number of Topliss-reactive ketones (excluding diaryl/α,β-unsaturated/α-hetero) is 1. The first kappa shape index (κ1) is 20.7. The Morgan fingerprint density at radius 3 is 2.71 bits per heavy atom. The molecule has 28 heavy (non-hydrogen) atoms. The zero-order valence-corrected chi connectivity index (χ0v) is 18.0. The zero-order chi connectivity index (χ0) is 20.1. The van der Waals surface area contributed by atoms with Crippen LogP contribution in [0.5, 0.6) is 0 Å². The second kappa shape index (κ2) is 9.43. The largest absolute Gasteiger partial charge is 0.375 e. The van der Waals surface area contributed by atoms with Crippen molar-refractivity contribution in [1.29, 1.82) is 0 Å². The number of azo groups is 1. The first-order valence-electron chi connectivity index (χ1n) is 9.43. The number of aromatic nitrogens is 1. The summed E-state index contributed by atoms with van der Waals surface area (Å²) in [5, 5.41) is 11.0. The van der Waals surface area contributed by atoms with Gasteiger partial charge in [0.1, 0.15) is 11.5 Å². The highest BCUT2D eigenvalue weighted by Gasteiger charge is 2.30. The molecule has 1 aromatic carbocycles. The van der Waals surface area contributed by atoms with Crippen molar-refractivity contribution in [2.24, 2.45) is 21.1 Å². The average Bonchev–Trinajstić information content (AvgIpc) is 3.22. The van der Waals surface area contributed by atoms with E-state index >= 15 is 0 Å². The fraction of sp³-hybridized carbons (Fsp3) is 0.450. The van der Waals surface area contributed by atoms with Crippen molar-refractivity contribution >= 4 is 44.2 Å².